The summed E-state index contributed by atoms with van der Waals surface area (Å²) in [6.07, 6.45) is 6.71. The third-order valence-corrected chi connectivity index (χ3v) is 4.94. The van der Waals surface area contributed by atoms with Crippen molar-refractivity contribution in [3.63, 3.8) is 0 Å². The van der Waals surface area contributed by atoms with Gasteiger partial charge >= 0.3 is 0 Å². The first-order chi connectivity index (χ1) is 9.61. The second-order valence-corrected chi connectivity index (χ2v) is 7.50. The number of hydrogen-bond acceptors (Lipinski definition) is 3. The molecule has 2 atom stereocenters. The molecule has 3 nitrogen and oxygen atoms in total. The summed E-state index contributed by atoms with van der Waals surface area (Å²) in [4.78, 5) is 2.72. The van der Waals surface area contributed by atoms with Gasteiger partial charge in [-0.05, 0) is 51.6 Å². The Bertz CT molecular complexity index is 274. The van der Waals surface area contributed by atoms with E-state index in [-0.39, 0.29) is 0 Å². The van der Waals surface area contributed by atoms with Gasteiger partial charge in [0.05, 0.1) is 6.61 Å². The molecule has 2 aliphatic rings. The van der Waals surface area contributed by atoms with Crippen LogP contribution in [-0.4, -0.2) is 50.3 Å². The average molecular weight is 282 g/mol. The summed E-state index contributed by atoms with van der Waals surface area (Å²) in [5, 5.41) is 3.69. The van der Waals surface area contributed by atoms with Crippen LogP contribution in [0.4, 0.5) is 0 Å². The molecule has 3 heteroatoms. The van der Waals surface area contributed by atoms with Crippen LogP contribution in [0.15, 0.2) is 0 Å². The highest BCUT2D eigenvalue weighted by Crippen LogP contribution is 2.31. The van der Waals surface area contributed by atoms with Gasteiger partial charge in [0.2, 0.25) is 0 Å². The van der Waals surface area contributed by atoms with E-state index in [1.54, 1.807) is 0 Å². The maximum atomic E-state index is 5.85. The van der Waals surface area contributed by atoms with Crippen LogP contribution in [0.5, 0.6) is 0 Å². The molecule has 2 unspecified atom stereocenters. The Balaban J connectivity index is 1.91. The Kier molecular flexibility index (Phi) is 6.31. The quantitative estimate of drug-likeness (QED) is 0.811. The lowest BCUT2D eigenvalue weighted by Gasteiger charge is -2.44. The molecule has 0 spiro atoms. The Labute approximate surface area is 125 Å². The van der Waals surface area contributed by atoms with Crippen LogP contribution >= 0.6 is 0 Å². The van der Waals surface area contributed by atoms with E-state index in [0.29, 0.717) is 5.41 Å². The van der Waals surface area contributed by atoms with E-state index in [1.807, 2.05) is 0 Å². The summed E-state index contributed by atoms with van der Waals surface area (Å²) in [7, 11) is 0. The molecular weight excluding hydrogens is 248 g/mol. The second kappa shape index (κ2) is 7.77. The van der Waals surface area contributed by atoms with Gasteiger partial charge in [-0.25, -0.2) is 0 Å². The molecule has 2 heterocycles. The van der Waals surface area contributed by atoms with E-state index < -0.39 is 0 Å². The monoisotopic (exact) mass is 282 g/mol. The normalized spacial score (nSPS) is 32.7. The van der Waals surface area contributed by atoms with Gasteiger partial charge in [0.15, 0.2) is 0 Å². The molecule has 0 saturated carbocycles. The third-order valence-electron chi connectivity index (χ3n) is 4.94. The molecule has 118 valence electrons. The van der Waals surface area contributed by atoms with Gasteiger partial charge in [0, 0.05) is 31.2 Å². The smallest absolute Gasteiger partial charge is 0.0546 e. The van der Waals surface area contributed by atoms with Crippen molar-refractivity contribution in [3.05, 3.63) is 0 Å². The number of piperidine rings is 1. The molecule has 0 aromatic heterocycles. The standard InChI is InChI=1S/C17H34N2O/c1-15(2)11-18-12-17(8-6-10-20-14-17)13-19-9-5-4-7-16(19)3/h15-16,18H,4-14H2,1-3H3. The van der Waals surface area contributed by atoms with Gasteiger partial charge < -0.3 is 10.1 Å². The molecule has 2 rings (SSSR count). The van der Waals surface area contributed by atoms with Gasteiger partial charge in [-0.1, -0.05) is 20.3 Å². The van der Waals surface area contributed by atoms with Crippen LogP contribution < -0.4 is 5.32 Å². The number of nitrogens with zero attached hydrogens (tertiary/aromatic N) is 1. The zero-order chi connectivity index (χ0) is 14.4. The summed E-state index contributed by atoms with van der Waals surface area (Å²) in [5.74, 6) is 0.727. The Morgan fingerprint density at radius 3 is 2.80 bits per heavy atom. The number of nitrogens with one attached hydrogen (secondary N) is 1. The number of hydrogen-bond donors (Lipinski definition) is 1. The van der Waals surface area contributed by atoms with Crippen LogP contribution in [0, 0.1) is 11.3 Å². The van der Waals surface area contributed by atoms with Gasteiger partial charge in [-0.15, -0.1) is 0 Å². The van der Waals surface area contributed by atoms with E-state index >= 15 is 0 Å². The molecule has 1 N–H and O–H groups in total. The molecule has 0 amide bonds. The van der Waals surface area contributed by atoms with E-state index in [1.165, 1.54) is 45.2 Å². The summed E-state index contributed by atoms with van der Waals surface area (Å²) < 4.78 is 5.85. The number of rotatable bonds is 6. The molecule has 0 aromatic rings. The lowest BCUT2D eigenvalue weighted by Crippen LogP contribution is -2.52. The van der Waals surface area contributed by atoms with Gasteiger partial charge in [-0.2, -0.15) is 0 Å². The Morgan fingerprint density at radius 1 is 1.30 bits per heavy atom. The third kappa shape index (κ3) is 4.71. The predicted molar refractivity (Wildman–Crippen MR) is 85.1 cm³/mol. The summed E-state index contributed by atoms with van der Waals surface area (Å²) in [6.45, 7) is 13.6. The number of ether oxygens (including phenoxy) is 1. The molecule has 0 radical (unpaired) electrons. The van der Waals surface area contributed by atoms with Crippen LogP contribution in [-0.2, 0) is 4.74 Å². The van der Waals surface area contributed by atoms with Gasteiger partial charge in [0.25, 0.3) is 0 Å². The van der Waals surface area contributed by atoms with E-state index in [2.05, 4.69) is 31.0 Å². The minimum absolute atomic E-state index is 0.346. The molecule has 2 saturated heterocycles. The van der Waals surface area contributed by atoms with Gasteiger partial charge in [0.1, 0.15) is 0 Å². The first-order valence-electron chi connectivity index (χ1n) is 8.64. The zero-order valence-corrected chi connectivity index (χ0v) is 13.8. The number of likely N-dealkylation sites (tertiary alicyclic amines) is 1. The van der Waals surface area contributed by atoms with Crippen molar-refractivity contribution in [3.8, 4) is 0 Å². The molecule has 20 heavy (non-hydrogen) atoms. The van der Waals surface area contributed by atoms with Crippen molar-refractivity contribution in [1.82, 2.24) is 10.2 Å². The van der Waals surface area contributed by atoms with Crippen molar-refractivity contribution < 1.29 is 4.74 Å². The maximum Gasteiger partial charge on any atom is 0.0546 e. The fourth-order valence-corrected chi connectivity index (χ4v) is 3.68. The molecular formula is C17H34N2O. The second-order valence-electron chi connectivity index (χ2n) is 7.50. The van der Waals surface area contributed by atoms with Crippen molar-refractivity contribution in [2.24, 2.45) is 11.3 Å². The molecule has 2 aliphatic heterocycles. The molecule has 0 aliphatic carbocycles. The van der Waals surface area contributed by atoms with E-state index in [4.69, 9.17) is 4.74 Å². The summed E-state index contributed by atoms with van der Waals surface area (Å²) in [6, 6.07) is 0.757. The summed E-state index contributed by atoms with van der Waals surface area (Å²) in [5.41, 5.74) is 0.346. The zero-order valence-electron chi connectivity index (χ0n) is 13.8. The minimum Gasteiger partial charge on any atom is -0.381 e. The first-order valence-corrected chi connectivity index (χ1v) is 8.64. The Hall–Kier alpha value is -0.120. The van der Waals surface area contributed by atoms with Crippen molar-refractivity contribution in [2.75, 3.05) is 39.4 Å². The highest BCUT2D eigenvalue weighted by molar-refractivity contribution is 4.89. The van der Waals surface area contributed by atoms with Crippen molar-refractivity contribution in [1.29, 1.82) is 0 Å². The van der Waals surface area contributed by atoms with Gasteiger partial charge in [-0.3, -0.25) is 4.90 Å². The highest BCUT2D eigenvalue weighted by Gasteiger charge is 2.36. The van der Waals surface area contributed by atoms with Crippen LogP contribution in [0.3, 0.4) is 0 Å². The van der Waals surface area contributed by atoms with Crippen molar-refractivity contribution in [2.45, 2.75) is 58.9 Å². The first kappa shape index (κ1) is 16.3. The molecule has 0 bridgehead atoms. The fraction of sp³-hybridized carbons (Fsp3) is 1.00. The largest absolute Gasteiger partial charge is 0.381 e. The minimum atomic E-state index is 0.346. The molecule has 0 aromatic carbocycles. The topological polar surface area (TPSA) is 24.5 Å². The Morgan fingerprint density at radius 2 is 2.15 bits per heavy atom. The van der Waals surface area contributed by atoms with E-state index in [9.17, 15) is 0 Å². The fourth-order valence-electron chi connectivity index (χ4n) is 3.68. The lowest BCUT2D eigenvalue weighted by molar-refractivity contribution is -0.0361. The van der Waals surface area contributed by atoms with Crippen LogP contribution in [0.2, 0.25) is 0 Å². The SMILES string of the molecule is CC(C)CNCC1(CN2CCCCC2C)CCCOC1. The summed E-state index contributed by atoms with van der Waals surface area (Å²) >= 11 is 0. The average Bonchev–Trinajstić information content (AvgIpc) is 2.42. The van der Waals surface area contributed by atoms with Crippen LogP contribution in [0.1, 0.15) is 52.9 Å². The van der Waals surface area contributed by atoms with Crippen LogP contribution in [0.25, 0.3) is 0 Å². The van der Waals surface area contributed by atoms with Crippen molar-refractivity contribution >= 4 is 0 Å². The van der Waals surface area contributed by atoms with E-state index in [0.717, 1.165) is 38.3 Å². The highest BCUT2D eigenvalue weighted by atomic mass is 16.5. The maximum absolute atomic E-state index is 5.85. The lowest BCUT2D eigenvalue weighted by atomic mass is 9.80. The molecule has 2 fully saturated rings. The predicted octanol–water partition coefficient (Wildman–Crippen LogP) is 2.90.